The van der Waals surface area contributed by atoms with E-state index in [-0.39, 0.29) is 5.41 Å². The molecule has 4 nitrogen and oxygen atoms in total. The second kappa shape index (κ2) is 2.80. The summed E-state index contributed by atoms with van der Waals surface area (Å²) in [4.78, 5) is 0. The smallest absolute Gasteiger partial charge is 0.112 e. The molecular formula is C9H15N3O. The Morgan fingerprint density at radius 1 is 1.69 bits per heavy atom. The minimum atomic E-state index is -0.425. The standard InChI is InChI=1S/C9H15N3O/c1-3-9(4-5-9)8(13)7-6-12(2)11-10-7/h6,8,13H,3-5H2,1-2H3. The second-order valence-electron chi connectivity index (χ2n) is 3.94. The summed E-state index contributed by atoms with van der Waals surface area (Å²) in [7, 11) is 1.81. The molecule has 0 radical (unpaired) electrons. The van der Waals surface area contributed by atoms with Crippen LogP contribution in [0.15, 0.2) is 6.20 Å². The molecule has 1 fully saturated rings. The van der Waals surface area contributed by atoms with Gasteiger partial charge in [-0.05, 0) is 19.3 Å². The van der Waals surface area contributed by atoms with Gasteiger partial charge in [-0.3, -0.25) is 4.68 Å². The van der Waals surface area contributed by atoms with Crippen molar-refractivity contribution in [3.8, 4) is 0 Å². The first kappa shape index (κ1) is 8.69. The van der Waals surface area contributed by atoms with E-state index in [0.29, 0.717) is 5.69 Å². The Hall–Kier alpha value is -0.900. The first-order valence-electron chi connectivity index (χ1n) is 4.72. The van der Waals surface area contributed by atoms with Crippen molar-refractivity contribution < 1.29 is 5.11 Å². The maximum atomic E-state index is 10.0. The molecule has 2 rings (SSSR count). The van der Waals surface area contributed by atoms with Gasteiger partial charge in [0.25, 0.3) is 0 Å². The zero-order chi connectivity index (χ0) is 9.47. The van der Waals surface area contributed by atoms with Gasteiger partial charge >= 0.3 is 0 Å². The average molecular weight is 181 g/mol. The van der Waals surface area contributed by atoms with Crippen LogP contribution in [0.5, 0.6) is 0 Å². The third-order valence-corrected chi connectivity index (χ3v) is 3.08. The van der Waals surface area contributed by atoms with Crippen molar-refractivity contribution in [3.63, 3.8) is 0 Å². The fourth-order valence-electron chi connectivity index (χ4n) is 1.79. The number of aliphatic hydroxyl groups is 1. The molecule has 4 heteroatoms. The quantitative estimate of drug-likeness (QED) is 0.758. The third kappa shape index (κ3) is 1.35. The molecule has 1 saturated carbocycles. The van der Waals surface area contributed by atoms with E-state index in [1.807, 2.05) is 7.05 Å². The van der Waals surface area contributed by atoms with E-state index in [1.165, 1.54) is 0 Å². The third-order valence-electron chi connectivity index (χ3n) is 3.08. The Labute approximate surface area is 77.6 Å². The van der Waals surface area contributed by atoms with Gasteiger partial charge in [-0.15, -0.1) is 5.10 Å². The highest BCUT2D eigenvalue weighted by Gasteiger charge is 2.48. The number of hydrogen-bond acceptors (Lipinski definition) is 3. The van der Waals surface area contributed by atoms with E-state index >= 15 is 0 Å². The molecule has 1 aromatic rings. The molecule has 0 aromatic carbocycles. The monoisotopic (exact) mass is 181 g/mol. The normalized spacial score (nSPS) is 21.5. The van der Waals surface area contributed by atoms with Crippen LogP contribution in [-0.2, 0) is 7.05 Å². The summed E-state index contributed by atoms with van der Waals surface area (Å²) in [6.07, 6.45) is 4.61. The summed E-state index contributed by atoms with van der Waals surface area (Å²) in [6.45, 7) is 2.12. The largest absolute Gasteiger partial charge is 0.386 e. The minimum absolute atomic E-state index is 0.107. The second-order valence-corrected chi connectivity index (χ2v) is 3.94. The van der Waals surface area contributed by atoms with Crippen LogP contribution in [0.1, 0.15) is 38.0 Å². The van der Waals surface area contributed by atoms with Gasteiger partial charge in [0.2, 0.25) is 0 Å². The highest BCUT2D eigenvalue weighted by molar-refractivity contribution is 5.09. The summed E-state index contributed by atoms with van der Waals surface area (Å²) >= 11 is 0. The molecule has 0 aliphatic heterocycles. The molecule has 1 aliphatic carbocycles. The maximum absolute atomic E-state index is 10.0. The van der Waals surface area contributed by atoms with Crippen molar-refractivity contribution in [1.29, 1.82) is 0 Å². The number of aryl methyl sites for hydroxylation is 1. The maximum Gasteiger partial charge on any atom is 0.112 e. The van der Waals surface area contributed by atoms with Gasteiger partial charge in [-0.2, -0.15) is 0 Å². The molecule has 1 unspecified atom stereocenters. The summed E-state index contributed by atoms with van der Waals surface area (Å²) < 4.78 is 1.63. The SMILES string of the molecule is CCC1(C(O)c2cn(C)nn2)CC1. The van der Waals surface area contributed by atoms with Crippen LogP contribution in [0.4, 0.5) is 0 Å². The Balaban J connectivity index is 2.17. The van der Waals surface area contributed by atoms with Gasteiger partial charge in [-0.25, -0.2) is 0 Å². The molecule has 1 atom stereocenters. The zero-order valence-corrected chi connectivity index (χ0v) is 8.06. The van der Waals surface area contributed by atoms with Crippen molar-refractivity contribution in [2.24, 2.45) is 12.5 Å². The lowest BCUT2D eigenvalue weighted by Gasteiger charge is -2.17. The molecule has 1 heterocycles. The van der Waals surface area contributed by atoms with Crippen LogP contribution in [0.3, 0.4) is 0 Å². The fraction of sp³-hybridized carbons (Fsp3) is 0.778. The zero-order valence-electron chi connectivity index (χ0n) is 8.06. The van der Waals surface area contributed by atoms with Crippen molar-refractivity contribution in [3.05, 3.63) is 11.9 Å². The van der Waals surface area contributed by atoms with Crippen LogP contribution < -0.4 is 0 Å². The molecular weight excluding hydrogens is 166 g/mol. The molecule has 0 bridgehead atoms. The molecule has 1 aliphatic rings. The first-order chi connectivity index (χ1) is 6.18. The van der Waals surface area contributed by atoms with Crippen molar-refractivity contribution in [1.82, 2.24) is 15.0 Å². The van der Waals surface area contributed by atoms with E-state index in [9.17, 15) is 5.11 Å². The van der Waals surface area contributed by atoms with Crippen LogP contribution in [-0.4, -0.2) is 20.1 Å². The lowest BCUT2D eigenvalue weighted by molar-refractivity contribution is 0.0860. The topological polar surface area (TPSA) is 50.9 Å². The average Bonchev–Trinajstić information content (AvgIpc) is 2.82. The minimum Gasteiger partial charge on any atom is -0.386 e. The van der Waals surface area contributed by atoms with Gasteiger partial charge in [0.15, 0.2) is 0 Å². The lowest BCUT2D eigenvalue weighted by atomic mass is 9.94. The van der Waals surface area contributed by atoms with Crippen molar-refractivity contribution in [2.75, 3.05) is 0 Å². The van der Waals surface area contributed by atoms with Crippen LogP contribution in [0.25, 0.3) is 0 Å². The number of aliphatic hydroxyl groups excluding tert-OH is 1. The summed E-state index contributed by atoms with van der Waals surface area (Å²) in [5, 5.41) is 17.8. The summed E-state index contributed by atoms with van der Waals surface area (Å²) in [5.41, 5.74) is 0.817. The van der Waals surface area contributed by atoms with Gasteiger partial charge in [0.05, 0.1) is 6.20 Å². The van der Waals surface area contributed by atoms with Gasteiger partial charge in [0, 0.05) is 12.5 Å². The summed E-state index contributed by atoms with van der Waals surface area (Å²) in [6, 6.07) is 0. The lowest BCUT2D eigenvalue weighted by Crippen LogP contribution is -2.13. The first-order valence-corrected chi connectivity index (χ1v) is 4.72. The predicted molar refractivity (Wildman–Crippen MR) is 47.9 cm³/mol. The fourth-order valence-corrected chi connectivity index (χ4v) is 1.79. The Morgan fingerprint density at radius 3 is 2.77 bits per heavy atom. The Bertz CT molecular complexity index is 304. The van der Waals surface area contributed by atoms with E-state index in [1.54, 1.807) is 10.9 Å². The van der Waals surface area contributed by atoms with Crippen LogP contribution in [0.2, 0.25) is 0 Å². The molecule has 72 valence electrons. The number of hydrogen-bond donors (Lipinski definition) is 1. The Morgan fingerprint density at radius 2 is 2.38 bits per heavy atom. The van der Waals surface area contributed by atoms with Gasteiger partial charge in [-0.1, -0.05) is 12.1 Å². The van der Waals surface area contributed by atoms with Crippen LogP contribution in [0, 0.1) is 5.41 Å². The van der Waals surface area contributed by atoms with E-state index < -0.39 is 6.10 Å². The molecule has 0 saturated heterocycles. The van der Waals surface area contributed by atoms with E-state index in [0.717, 1.165) is 19.3 Å². The predicted octanol–water partition coefficient (Wildman–Crippen LogP) is 1.04. The molecule has 0 spiro atoms. The van der Waals surface area contributed by atoms with Gasteiger partial charge < -0.3 is 5.11 Å². The van der Waals surface area contributed by atoms with E-state index in [4.69, 9.17) is 0 Å². The number of rotatable bonds is 3. The molecule has 13 heavy (non-hydrogen) atoms. The highest BCUT2D eigenvalue weighted by Crippen LogP contribution is 2.56. The molecule has 1 N–H and O–H groups in total. The van der Waals surface area contributed by atoms with Crippen molar-refractivity contribution in [2.45, 2.75) is 32.3 Å². The Kier molecular flexibility index (Phi) is 1.87. The molecule has 0 amide bonds. The van der Waals surface area contributed by atoms with Crippen molar-refractivity contribution >= 4 is 0 Å². The number of nitrogens with zero attached hydrogens (tertiary/aromatic N) is 3. The van der Waals surface area contributed by atoms with Gasteiger partial charge in [0.1, 0.15) is 11.8 Å². The molecule has 1 aromatic heterocycles. The van der Waals surface area contributed by atoms with Crippen LogP contribution >= 0.6 is 0 Å². The van der Waals surface area contributed by atoms with E-state index in [2.05, 4.69) is 17.2 Å². The highest BCUT2D eigenvalue weighted by atomic mass is 16.3. The summed E-state index contributed by atoms with van der Waals surface area (Å²) in [5.74, 6) is 0. The number of aromatic nitrogens is 3.